The van der Waals surface area contributed by atoms with Gasteiger partial charge in [0, 0.05) is 24.0 Å². The molecular formula is C24H22N2O4S. The van der Waals surface area contributed by atoms with Gasteiger partial charge in [0.05, 0.1) is 19.1 Å². The van der Waals surface area contributed by atoms with Crippen molar-refractivity contribution in [2.45, 2.75) is 6.42 Å². The summed E-state index contributed by atoms with van der Waals surface area (Å²) in [5.41, 5.74) is 3.41. The van der Waals surface area contributed by atoms with Gasteiger partial charge in [0.25, 0.3) is 5.91 Å². The molecule has 2 heterocycles. The fraction of sp³-hybridized carbons (Fsp3) is 0.167. The number of carbonyl (C=O) groups excluding carboxylic acids is 2. The van der Waals surface area contributed by atoms with E-state index in [0.717, 1.165) is 23.2 Å². The summed E-state index contributed by atoms with van der Waals surface area (Å²) in [4.78, 5) is 27.7. The van der Waals surface area contributed by atoms with Gasteiger partial charge in [-0.05, 0) is 59.3 Å². The molecule has 0 saturated carbocycles. The molecule has 0 unspecified atom stereocenters. The van der Waals surface area contributed by atoms with E-state index in [4.69, 9.17) is 9.47 Å². The lowest BCUT2D eigenvalue weighted by molar-refractivity contribution is -0.111. The van der Waals surface area contributed by atoms with Crippen LogP contribution in [0.4, 0.5) is 11.4 Å². The van der Waals surface area contributed by atoms with Crippen LogP contribution >= 0.6 is 11.3 Å². The van der Waals surface area contributed by atoms with Crippen LogP contribution in [-0.2, 0) is 11.2 Å². The molecule has 3 aromatic rings. The summed E-state index contributed by atoms with van der Waals surface area (Å²) in [6.45, 7) is 0.642. The first-order valence-electron chi connectivity index (χ1n) is 9.78. The molecule has 0 saturated heterocycles. The number of nitrogens with one attached hydrogen (secondary N) is 1. The summed E-state index contributed by atoms with van der Waals surface area (Å²) in [5, 5.41) is 4.76. The molecule has 31 heavy (non-hydrogen) atoms. The Labute approximate surface area is 184 Å². The van der Waals surface area contributed by atoms with Gasteiger partial charge < -0.3 is 19.7 Å². The number of benzene rings is 2. The SMILES string of the molecule is COc1ccc(/C=C/C(=O)Nc2ccc3c(c2)N(C(=O)c2cccs2)CC3)cc1OC. The Morgan fingerprint density at radius 3 is 2.65 bits per heavy atom. The average Bonchev–Trinajstić information content (AvgIpc) is 3.47. The highest BCUT2D eigenvalue weighted by molar-refractivity contribution is 7.12. The molecule has 1 N–H and O–H groups in total. The van der Waals surface area contributed by atoms with Crippen LogP contribution in [0.15, 0.2) is 60.0 Å². The summed E-state index contributed by atoms with van der Waals surface area (Å²) in [6.07, 6.45) is 3.97. The van der Waals surface area contributed by atoms with Crippen LogP contribution in [0.1, 0.15) is 20.8 Å². The Bertz CT molecular complexity index is 1140. The zero-order valence-electron chi connectivity index (χ0n) is 17.3. The molecule has 1 aliphatic rings. The van der Waals surface area contributed by atoms with Gasteiger partial charge in [0.2, 0.25) is 5.91 Å². The highest BCUT2D eigenvalue weighted by Crippen LogP contribution is 2.33. The third-order valence-corrected chi connectivity index (χ3v) is 5.92. The molecule has 1 aromatic heterocycles. The molecule has 7 heteroatoms. The quantitative estimate of drug-likeness (QED) is 0.575. The molecule has 1 aliphatic heterocycles. The van der Waals surface area contributed by atoms with Gasteiger partial charge in [0.15, 0.2) is 11.5 Å². The predicted molar refractivity (Wildman–Crippen MR) is 123 cm³/mol. The number of nitrogens with zero attached hydrogens (tertiary/aromatic N) is 1. The van der Waals surface area contributed by atoms with Gasteiger partial charge in [-0.2, -0.15) is 0 Å². The van der Waals surface area contributed by atoms with E-state index >= 15 is 0 Å². The number of anilines is 2. The third-order valence-electron chi connectivity index (χ3n) is 5.06. The van der Waals surface area contributed by atoms with Crippen molar-refractivity contribution < 1.29 is 19.1 Å². The minimum absolute atomic E-state index is 0.00873. The number of ether oxygens (including phenoxy) is 2. The second-order valence-corrected chi connectivity index (χ2v) is 7.91. The second kappa shape index (κ2) is 9.06. The van der Waals surface area contributed by atoms with Crippen LogP contribution in [-0.4, -0.2) is 32.6 Å². The average molecular weight is 435 g/mol. The first kappa shape index (κ1) is 20.7. The van der Waals surface area contributed by atoms with E-state index in [-0.39, 0.29) is 11.8 Å². The molecule has 2 aromatic carbocycles. The summed E-state index contributed by atoms with van der Waals surface area (Å²) in [6, 6.07) is 14.8. The fourth-order valence-electron chi connectivity index (χ4n) is 3.51. The minimum Gasteiger partial charge on any atom is -0.493 e. The molecule has 0 fully saturated rings. The number of fused-ring (bicyclic) bond motifs is 1. The fourth-order valence-corrected chi connectivity index (χ4v) is 4.19. The van der Waals surface area contributed by atoms with Crippen LogP contribution in [0, 0.1) is 0 Å². The predicted octanol–water partition coefficient (Wildman–Crippen LogP) is 4.62. The van der Waals surface area contributed by atoms with Crippen molar-refractivity contribution in [1.82, 2.24) is 0 Å². The molecule has 4 rings (SSSR count). The first-order chi connectivity index (χ1) is 15.1. The Morgan fingerprint density at radius 1 is 1.06 bits per heavy atom. The van der Waals surface area contributed by atoms with Crippen LogP contribution < -0.4 is 19.7 Å². The van der Waals surface area contributed by atoms with Gasteiger partial charge in [0.1, 0.15) is 0 Å². The topological polar surface area (TPSA) is 67.9 Å². The Morgan fingerprint density at radius 2 is 1.90 bits per heavy atom. The zero-order chi connectivity index (χ0) is 21.8. The number of thiophene rings is 1. The van der Waals surface area contributed by atoms with Crippen LogP contribution in [0.2, 0.25) is 0 Å². The normalized spacial score (nSPS) is 12.6. The second-order valence-electron chi connectivity index (χ2n) is 6.96. The van der Waals surface area contributed by atoms with Gasteiger partial charge in [-0.15, -0.1) is 11.3 Å². The van der Waals surface area contributed by atoms with Gasteiger partial charge in [-0.1, -0.05) is 18.2 Å². The maximum absolute atomic E-state index is 12.8. The van der Waals surface area contributed by atoms with E-state index in [2.05, 4.69) is 5.32 Å². The van der Waals surface area contributed by atoms with Gasteiger partial charge >= 0.3 is 0 Å². The number of amides is 2. The molecule has 0 radical (unpaired) electrons. The molecule has 6 nitrogen and oxygen atoms in total. The van der Waals surface area contributed by atoms with E-state index < -0.39 is 0 Å². The number of hydrogen-bond donors (Lipinski definition) is 1. The highest BCUT2D eigenvalue weighted by Gasteiger charge is 2.26. The summed E-state index contributed by atoms with van der Waals surface area (Å²) < 4.78 is 10.5. The first-order valence-corrected chi connectivity index (χ1v) is 10.7. The van der Waals surface area contributed by atoms with Crippen molar-refractivity contribution in [2.75, 3.05) is 31.0 Å². The lowest BCUT2D eigenvalue weighted by Crippen LogP contribution is -2.28. The zero-order valence-corrected chi connectivity index (χ0v) is 18.1. The summed E-state index contributed by atoms with van der Waals surface area (Å²) >= 11 is 1.43. The van der Waals surface area contributed by atoms with Crippen molar-refractivity contribution in [3.05, 3.63) is 76.0 Å². The maximum atomic E-state index is 12.8. The van der Waals surface area contributed by atoms with Crippen molar-refractivity contribution >= 4 is 40.6 Å². The molecule has 0 spiro atoms. The monoisotopic (exact) mass is 434 g/mol. The van der Waals surface area contributed by atoms with Crippen LogP contribution in [0.25, 0.3) is 6.08 Å². The van der Waals surface area contributed by atoms with Crippen molar-refractivity contribution in [2.24, 2.45) is 0 Å². The molecule has 0 aliphatic carbocycles. The molecule has 0 atom stereocenters. The number of methoxy groups -OCH3 is 2. The van der Waals surface area contributed by atoms with E-state index in [0.29, 0.717) is 28.6 Å². The van der Waals surface area contributed by atoms with Crippen molar-refractivity contribution in [3.63, 3.8) is 0 Å². The van der Waals surface area contributed by atoms with E-state index in [9.17, 15) is 9.59 Å². The Hall–Kier alpha value is -3.58. The lowest BCUT2D eigenvalue weighted by Gasteiger charge is -2.17. The molecule has 2 amide bonds. The number of rotatable bonds is 6. The Balaban J connectivity index is 1.47. The van der Waals surface area contributed by atoms with E-state index in [1.54, 1.807) is 37.3 Å². The molecule has 158 valence electrons. The van der Waals surface area contributed by atoms with Crippen LogP contribution in [0.5, 0.6) is 11.5 Å². The molecule has 0 bridgehead atoms. The van der Waals surface area contributed by atoms with Crippen LogP contribution in [0.3, 0.4) is 0 Å². The van der Waals surface area contributed by atoms with E-state index in [1.165, 1.54) is 17.4 Å². The van der Waals surface area contributed by atoms with E-state index in [1.807, 2.05) is 41.8 Å². The Kier molecular flexibility index (Phi) is 6.04. The van der Waals surface area contributed by atoms with Crippen molar-refractivity contribution in [1.29, 1.82) is 0 Å². The van der Waals surface area contributed by atoms with Crippen molar-refractivity contribution in [3.8, 4) is 11.5 Å². The highest BCUT2D eigenvalue weighted by atomic mass is 32.1. The van der Waals surface area contributed by atoms with Gasteiger partial charge in [-0.3, -0.25) is 9.59 Å². The summed E-state index contributed by atoms with van der Waals surface area (Å²) in [7, 11) is 3.14. The number of carbonyl (C=O) groups is 2. The standard InChI is InChI=1S/C24H22N2O4S/c1-29-20-9-5-16(14-21(20)30-2)6-10-23(27)25-18-8-7-17-11-12-26(19(17)15-18)24(28)22-4-3-13-31-22/h3-10,13-15H,11-12H2,1-2H3,(H,25,27)/b10-6+. The minimum atomic E-state index is -0.260. The third kappa shape index (κ3) is 4.46. The smallest absolute Gasteiger partial charge is 0.268 e. The summed E-state index contributed by atoms with van der Waals surface area (Å²) in [5.74, 6) is 0.956. The lowest BCUT2D eigenvalue weighted by atomic mass is 10.1. The van der Waals surface area contributed by atoms with Gasteiger partial charge in [-0.25, -0.2) is 0 Å². The largest absolute Gasteiger partial charge is 0.493 e. The molecular weight excluding hydrogens is 412 g/mol. The number of hydrogen-bond acceptors (Lipinski definition) is 5. The maximum Gasteiger partial charge on any atom is 0.268 e.